The second kappa shape index (κ2) is 9.23. The molecule has 8 nitrogen and oxygen atoms in total. The van der Waals surface area contributed by atoms with Gasteiger partial charge in [-0.3, -0.25) is 4.79 Å². The number of halogens is 1. The molecule has 0 spiro atoms. The van der Waals surface area contributed by atoms with Gasteiger partial charge in [-0.15, -0.1) is 0 Å². The Kier molecular flexibility index (Phi) is 6.43. The van der Waals surface area contributed by atoms with Crippen molar-refractivity contribution in [1.82, 2.24) is 14.6 Å². The van der Waals surface area contributed by atoms with E-state index in [0.29, 0.717) is 37.5 Å². The number of benzene rings is 1. The van der Waals surface area contributed by atoms with Crippen molar-refractivity contribution in [3.8, 4) is 16.9 Å². The van der Waals surface area contributed by atoms with Crippen LogP contribution in [0, 0.1) is 5.92 Å². The highest BCUT2D eigenvalue weighted by Crippen LogP contribution is 2.40. The van der Waals surface area contributed by atoms with Crippen molar-refractivity contribution in [3.63, 3.8) is 0 Å². The molecule has 0 bridgehead atoms. The summed E-state index contributed by atoms with van der Waals surface area (Å²) < 4.78 is 13.0. The van der Waals surface area contributed by atoms with Crippen LogP contribution in [0.4, 0.5) is 5.82 Å². The molecule has 3 N–H and O–H groups in total. The molecule has 1 aromatic carbocycles. The van der Waals surface area contributed by atoms with Crippen LogP contribution < -0.4 is 10.5 Å². The predicted molar refractivity (Wildman–Crippen MR) is 120 cm³/mol. The second-order valence-electron chi connectivity index (χ2n) is 7.74. The number of carboxylic acid groups (broad SMARTS) is 1. The number of methoxy groups -OCH3 is 1. The number of carboxylic acids is 1. The van der Waals surface area contributed by atoms with Crippen LogP contribution in [0.1, 0.15) is 37.3 Å². The van der Waals surface area contributed by atoms with E-state index in [1.54, 1.807) is 17.8 Å². The Morgan fingerprint density at radius 2 is 1.94 bits per heavy atom. The van der Waals surface area contributed by atoms with Crippen molar-refractivity contribution in [2.45, 2.75) is 31.6 Å². The molecule has 2 heterocycles. The number of fused-ring (bicyclic) bond motifs is 1. The topological polar surface area (TPSA) is 112 Å². The van der Waals surface area contributed by atoms with Gasteiger partial charge in [0.05, 0.1) is 28.9 Å². The van der Waals surface area contributed by atoms with Gasteiger partial charge in [0.2, 0.25) is 0 Å². The molecule has 0 amide bonds. The Morgan fingerprint density at radius 3 is 2.58 bits per heavy atom. The van der Waals surface area contributed by atoms with Gasteiger partial charge < -0.3 is 20.3 Å². The van der Waals surface area contributed by atoms with Gasteiger partial charge in [0.25, 0.3) is 0 Å². The summed E-state index contributed by atoms with van der Waals surface area (Å²) >= 11 is 3.59. The molecule has 2 aromatic heterocycles. The Morgan fingerprint density at radius 1 is 1.23 bits per heavy atom. The van der Waals surface area contributed by atoms with Crippen LogP contribution >= 0.6 is 15.9 Å². The van der Waals surface area contributed by atoms with Crippen LogP contribution in [0.25, 0.3) is 16.8 Å². The fourth-order valence-corrected chi connectivity index (χ4v) is 4.66. The number of nitrogen functional groups attached to an aromatic ring is 1. The first kappa shape index (κ1) is 21.6. The normalized spacial score (nSPS) is 18.9. The number of hydrogen-bond acceptors (Lipinski definition) is 6. The van der Waals surface area contributed by atoms with Crippen LogP contribution in [0.15, 0.2) is 34.9 Å². The number of anilines is 1. The maximum atomic E-state index is 11.3. The molecule has 0 saturated heterocycles. The van der Waals surface area contributed by atoms with E-state index in [-0.39, 0.29) is 11.8 Å². The van der Waals surface area contributed by atoms with Crippen molar-refractivity contribution in [3.05, 3.63) is 40.6 Å². The van der Waals surface area contributed by atoms with Gasteiger partial charge >= 0.3 is 5.97 Å². The zero-order valence-electron chi connectivity index (χ0n) is 17.3. The summed E-state index contributed by atoms with van der Waals surface area (Å²) in [5.74, 6) is 0.436. The molecule has 0 aliphatic heterocycles. The van der Waals surface area contributed by atoms with Gasteiger partial charge in [-0.05, 0) is 59.3 Å². The molecule has 1 aliphatic rings. The Hall–Kier alpha value is -2.65. The number of ether oxygens (including phenoxy) is 2. The van der Waals surface area contributed by atoms with Crippen LogP contribution in [0.3, 0.4) is 0 Å². The molecule has 31 heavy (non-hydrogen) atoms. The first-order valence-corrected chi connectivity index (χ1v) is 11.1. The lowest BCUT2D eigenvalue weighted by Gasteiger charge is -2.26. The van der Waals surface area contributed by atoms with Crippen molar-refractivity contribution < 1.29 is 19.4 Å². The standard InChI is InChI=1S/C22H25BrN4O4/c1-30-10-11-31-16-8-6-13(7-9-16)17-12-25-27-20(24)18(23)19(26-21(17)27)14-2-4-15(5-3-14)22(28)29/h6-9,12,14-15H,2-5,10-11,24H2,1H3,(H,28,29)/t14-,15-. The van der Waals surface area contributed by atoms with E-state index in [1.807, 2.05) is 24.3 Å². The summed E-state index contributed by atoms with van der Waals surface area (Å²) in [5.41, 5.74) is 9.77. The summed E-state index contributed by atoms with van der Waals surface area (Å²) in [5, 5.41) is 13.7. The zero-order chi connectivity index (χ0) is 22.0. The van der Waals surface area contributed by atoms with Crippen molar-refractivity contribution in [2.24, 2.45) is 5.92 Å². The van der Waals surface area contributed by atoms with E-state index in [9.17, 15) is 9.90 Å². The first-order chi connectivity index (χ1) is 15.0. The smallest absolute Gasteiger partial charge is 0.306 e. The van der Waals surface area contributed by atoms with E-state index >= 15 is 0 Å². The lowest BCUT2D eigenvalue weighted by molar-refractivity contribution is -0.142. The molecule has 9 heteroatoms. The summed E-state index contributed by atoms with van der Waals surface area (Å²) in [6.07, 6.45) is 4.60. The van der Waals surface area contributed by atoms with Crippen LogP contribution in [-0.4, -0.2) is 46.0 Å². The third kappa shape index (κ3) is 4.38. The molecule has 1 fully saturated rings. The summed E-state index contributed by atoms with van der Waals surface area (Å²) in [7, 11) is 1.64. The zero-order valence-corrected chi connectivity index (χ0v) is 18.8. The summed E-state index contributed by atoms with van der Waals surface area (Å²) in [6, 6.07) is 7.75. The molecule has 4 rings (SSSR count). The van der Waals surface area contributed by atoms with Gasteiger partial charge in [0.1, 0.15) is 18.2 Å². The number of carbonyl (C=O) groups is 1. The SMILES string of the molecule is COCCOc1ccc(-c2cnn3c(N)c(Br)c([C@H]4CC[C@H](C(=O)O)CC4)nc23)cc1. The molecular weight excluding hydrogens is 464 g/mol. The Bertz CT molecular complexity index is 1080. The lowest BCUT2D eigenvalue weighted by Crippen LogP contribution is -2.21. The number of aliphatic carboxylic acids is 1. The monoisotopic (exact) mass is 488 g/mol. The molecule has 164 valence electrons. The quantitative estimate of drug-likeness (QED) is 0.480. The van der Waals surface area contributed by atoms with Gasteiger partial charge in [-0.2, -0.15) is 9.61 Å². The van der Waals surface area contributed by atoms with Gasteiger partial charge in [-0.25, -0.2) is 4.98 Å². The van der Waals surface area contributed by atoms with E-state index in [4.69, 9.17) is 20.2 Å². The average Bonchev–Trinajstić information content (AvgIpc) is 3.21. The van der Waals surface area contributed by atoms with E-state index < -0.39 is 5.97 Å². The summed E-state index contributed by atoms with van der Waals surface area (Å²) in [4.78, 5) is 16.2. The van der Waals surface area contributed by atoms with Crippen LogP contribution in [0.2, 0.25) is 0 Å². The highest BCUT2D eigenvalue weighted by atomic mass is 79.9. The molecule has 3 aromatic rings. The molecule has 0 unspecified atom stereocenters. The second-order valence-corrected chi connectivity index (χ2v) is 8.54. The highest BCUT2D eigenvalue weighted by Gasteiger charge is 2.30. The van der Waals surface area contributed by atoms with Crippen molar-refractivity contribution in [2.75, 3.05) is 26.1 Å². The molecule has 1 aliphatic carbocycles. The van der Waals surface area contributed by atoms with Crippen LogP contribution in [0.5, 0.6) is 5.75 Å². The fraction of sp³-hybridized carbons (Fsp3) is 0.409. The molecule has 0 atom stereocenters. The van der Waals surface area contributed by atoms with Gasteiger partial charge in [0, 0.05) is 18.6 Å². The number of aromatic nitrogens is 3. The van der Waals surface area contributed by atoms with E-state index in [0.717, 1.165) is 39.9 Å². The number of nitrogens with zero attached hydrogens (tertiary/aromatic N) is 3. The highest BCUT2D eigenvalue weighted by molar-refractivity contribution is 9.10. The maximum Gasteiger partial charge on any atom is 0.306 e. The minimum atomic E-state index is -0.715. The average molecular weight is 489 g/mol. The first-order valence-electron chi connectivity index (χ1n) is 10.3. The number of rotatable bonds is 7. The predicted octanol–water partition coefficient (Wildman–Crippen LogP) is 4.12. The van der Waals surface area contributed by atoms with Gasteiger partial charge in [0.15, 0.2) is 5.65 Å². The lowest BCUT2D eigenvalue weighted by atomic mass is 9.80. The molecule has 1 saturated carbocycles. The van der Waals surface area contributed by atoms with Gasteiger partial charge in [-0.1, -0.05) is 12.1 Å². The molecule has 0 radical (unpaired) electrons. The number of nitrogens with two attached hydrogens (primary N) is 1. The third-order valence-corrected chi connectivity index (χ3v) is 6.65. The van der Waals surface area contributed by atoms with Crippen molar-refractivity contribution >= 4 is 33.4 Å². The Labute approximate surface area is 188 Å². The van der Waals surface area contributed by atoms with E-state index in [1.165, 1.54) is 0 Å². The Balaban J connectivity index is 1.64. The minimum Gasteiger partial charge on any atom is -0.491 e. The fourth-order valence-electron chi connectivity index (χ4n) is 4.07. The van der Waals surface area contributed by atoms with Crippen LogP contribution in [-0.2, 0) is 9.53 Å². The van der Waals surface area contributed by atoms with E-state index in [2.05, 4.69) is 21.0 Å². The largest absolute Gasteiger partial charge is 0.491 e. The summed E-state index contributed by atoms with van der Waals surface area (Å²) in [6.45, 7) is 1.02. The number of hydrogen-bond donors (Lipinski definition) is 2. The molecular formula is C22H25BrN4O4. The minimum absolute atomic E-state index is 0.164. The van der Waals surface area contributed by atoms with Crippen molar-refractivity contribution in [1.29, 1.82) is 0 Å². The maximum absolute atomic E-state index is 11.3. The third-order valence-electron chi connectivity index (χ3n) is 5.83.